The number of aromatic nitrogens is 3. The number of nitrogen functional groups attached to an aromatic ring is 1. The number of nitrogens with two attached hydrogens (primary N) is 1. The molecule has 2 aromatic rings. The summed E-state index contributed by atoms with van der Waals surface area (Å²) in [6.07, 6.45) is 2.89. The summed E-state index contributed by atoms with van der Waals surface area (Å²) < 4.78 is 2.06. The van der Waals surface area contributed by atoms with Crippen LogP contribution in [0.3, 0.4) is 0 Å². The number of pyridine rings is 1. The molecule has 2 heterocycles. The lowest BCUT2D eigenvalue weighted by Gasteiger charge is -2.04. The van der Waals surface area contributed by atoms with Gasteiger partial charge in [0.05, 0.1) is 5.69 Å². The quantitative estimate of drug-likeness (QED) is 0.881. The van der Waals surface area contributed by atoms with Gasteiger partial charge in [0.25, 0.3) is 0 Å². The topological polar surface area (TPSA) is 56.7 Å². The zero-order chi connectivity index (χ0) is 12.4. The fraction of sp³-hybridized carbons (Fsp3) is 0.385. The minimum absolute atomic E-state index is 0.546. The fourth-order valence-electron chi connectivity index (χ4n) is 2.10. The molecule has 0 unspecified atom stereocenters. The molecule has 0 amide bonds. The van der Waals surface area contributed by atoms with Crippen molar-refractivity contribution >= 4 is 5.82 Å². The molecule has 17 heavy (non-hydrogen) atoms. The summed E-state index contributed by atoms with van der Waals surface area (Å²) in [4.78, 5) is 4.13. The van der Waals surface area contributed by atoms with Gasteiger partial charge in [0, 0.05) is 29.6 Å². The van der Waals surface area contributed by atoms with Gasteiger partial charge in [-0.2, -0.15) is 5.10 Å². The van der Waals surface area contributed by atoms with Crippen molar-refractivity contribution in [3.8, 4) is 11.1 Å². The van der Waals surface area contributed by atoms with Crippen LogP contribution in [-0.2, 0) is 6.54 Å². The summed E-state index contributed by atoms with van der Waals surface area (Å²) in [5.41, 5.74) is 10.1. The molecule has 0 aliphatic rings. The second kappa shape index (κ2) is 4.57. The average Bonchev–Trinajstić information content (AvgIpc) is 2.57. The molecule has 2 N–H and O–H groups in total. The van der Waals surface area contributed by atoms with Crippen LogP contribution in [0.2, 0.25) is 0 Å². The highest BCUT2D eigenvalue weighted by Gasteiger charge is 2.12. The van der Waals surface area contributed by atoms with E-state index < -0.39 is 0 Å². The van der Waals surface area contributed by atoms with Crippen molar-refractivity contribution in [3.63, 3.8) is 0 Å². The van der Waals surface area contributed by atoms with Crippen LogP contribution >= 0.6 is 0 Å². The summed E-state index contributed by atoms with van der Waals surface area (Å²) >= 11 is 0. The van der Waals surface area contributed by atoms with Crippen LogP contribution < -0.4 is 5.73 Å². The third-order valence-corrected chi connectivity index (χ3v) is 2.89. The Morgan fingerprint density at radius 1 is 1.29 bits per heavy atom. The first-order valence-electron chi connectivity index (χ1n) is 5.89. The number of anilines is 1. The monoisotopic (exact) mass is 230 g/mol. The summed E-state index contributed by atoms with van der Waals surface area (Å²) in [5.74, 6) is 0.546. The number of nitrogens with zero attached hydrogens (tertiary/aromatic N) is 3. The highest BCUT2D eigenvalue weighted by Crippen LogP contribution is 2.26. The van der Waals surface area contributed by atoms with E-state index in [4.69, 9.17) is 5.73 Å². The molecule has 2 rings (SSSR count). The Balaban J connectivity index is 2.48. The van der Waals surface area contributed by atoms with Crippen molar-refractivity contribution in [2.45, 2.75) is 33.7 Å². The minimum Gasteiger partial charge on any atom is -0.384 e. The second-order valence-electron chi connectivity index (χ2n) is 4.24. The van der Waals surface area contributed by atoms with Crippen LogP contribution in [0, 0.1) is 13.8 Å². The molecule has 0 aliphatic carbocycles. The summed E-state index contributed by atoms with van der Waals surface area (Å²) in [5, 5.41) is 4.56. The van der Waals surface area contributed by atoms with Crippen LogP contribution in [0.1, 0.15) is 24.7 Å². The van der Waals surface area contributed by atoms with E-state index in [0.29, 0.717) is 5.82 Å². The Labute approximate surface area is 101 Å². The molecule has 0 saturated heterocycles. The molecule has 4 nitrogen and oxygen atoms in total. The predicted octanol–water partition coefficient (Wildman–Crippen LogP) is 2.55. The highest BCUT2D eigenvalue weighted by atomic mass is 15.3. The third-order valence-electron chi connectivity index (χ3n) is 2.89. The first-order valence-corrected chi connectivity index (χ1v) is 5.89. The maximum absolute atomic E-state index is 5.60. The Morgan fingerprint density at radius 2 is 2.06 bits per heavy atom. The summed E-state index contributed by atoms with van der Waals surface area (Å²) in [6.45, 7) is 7.24. The van der Waals surface area contributed by atoms with Gasteiger partial charge in [-0.1, -0.05) is 6.92 Å². The lowest BCUT2D eigenvalue weighted by molar-refractivity contribution is 0.583. The Kier molecular flexibility index (Phi) is 3.13. The molecule has 0 bridgehead atoms. The predicted molar refractivity (Wildman–Crippen MR) is 69.6 cm³/mol. The van der Waals surface area contributed by atoms with E-state index in [-0.39, 0.29) is 0 Å². The number of hydrogen-bond acceptors (Lipinski definition) is 3. The third kappa shape index (κ3) is 2.16. The number of aryl methyl sites for hydroxylation is 2. The molecule has 0 fully saturated rings. The second-order valence-corrected chi connectivity index (χ2v) is 4.24. The first-order chi connectivity index (χ1) is 8.13. The van der Waals surface area contributed by atoms with Gasteiger partial charge in [-0.05, 0) is 32.4 Å². The largest absolute Gasteiger partial charge is 0.384 e. The molecule has 90 valence electrons. The van der Waals surface area contributed by atoms with E-state index in [1.165, 1.54) is 11.3 Å². The normalized spacial score (nSPS) is 10.8. The number of hydrogen-bond donors (Lipinski definition) is 1. The molecular weight excluding hydrogens is 212 g/mol. The highest BCUT2D eigenvalue weighted by molar-refractivity contribution is 5.68. The van der Waals surface area contributed by atoms with Crippen LogP contribution in [0.5, 0.6) is 0 Å². The van der Waals surface area contributed by atoms with Gasteiger partial charge in [-0.3, -0.25) is 4.68 Å². The van der Waals surface area contributed by atoms with Crippen molar-refractivity contribution in [3.05, 3.63) is 29.7 Å². The molecule has 0 atom stereocenters. The van der Waals surface area contributed by atoms with E-state index in [2.05, 4.69) is 28.6 Å². The average molecular weight is 230 g/mol. The van der Waals surface area contributed by atoms with E-state index in [0.717, 1.165) is 24.2 Å². The van der Waals surface area contributed by atoms with Crippen LogP contribution in [0.15, 0.2) is 18.3 Å². The molecule has 0 saturated carbocycles. The van der Waals surface area contributed by atoms with E-state index in [9.17, 15) is 0 Å². The van der Waals surface area contributed by atoms with Gasteiger partial charge < -0.3 is 5.73 Å². The zero-order valence-corrected chi connectivity index (χ0v) is 10.6. The van der Waals surface area contributed by atoms with Gasteiger partial charge >= 0.3 is 0 Å². The van der Waals surface area contributed by atoms with Crippen LogP contribution in [-0.4, -0.2) is 14.8 Å². The lowest BCUT2D eigenvalue weighted by atomic mass is 10.1. The Bertz CT molecular complexity index is 511. The van der Waals surface area contributed by atoms with E-state index in [1.807, 2.05) is 25.3 Å². The van der Waals surface area contributed by atoms with Gasteiger partial charge in [-0.15, -0.1) is 0 Å². The van der Waals surface area contributed by atoms with Crippen molar-refractivity contribution in [1.82, 2.24) is 14.8 Å². The van der Waals surface area contributed by atoms with Crippen LogP contribution in [0.25, 0.3) is 11.1 Å². The van der Waals surface area contributed by atoms with Crippen LogP contribution in [0.4, 0.5) is 5.82 Å². The molecule has 0 aromatic carbocycles. The van der Waals surface area contributed by atoms with Gasteiger partial charge in [-0.25, -0.2) is 4.98 Å². The van der Waals surface area contributed by atoms with Crippen molar-refractivity contribution in [2.75, 3.05) is 5.73 Å². The van der Waals surface area contributed by atoms with E-state index >= 15 is 0 Å². The SMILES string of the molecule is CCCn1nc(C)c(-c2ccc(N)nc2)c1C. The fourth-order valence-corrected chi connectivity index (χ4v) is 2.10. The van der Waals surface area contributed by atoms with Gasteiger partial charge in [0.2, 0.25) is 0 Å². The molecule has 4 heteroatoms. The van der Waals surface area contributed by atoms with Gasteiger partial charge in [0.15, 0.2) is 0 Å². The lowest BCUT2D eigenvalue weighted by Crippen LogP contribution is -2.01. The Morgan fingerprint density at radius 3 is 2.65 bits per heavy atom. The first kappa shape index (κ1) is 11.6. The maximum Gasteiger partial charge on any atom is 0.123 e. The van der Waals surface area contributed by atoms with Gasteiger partial charge in [0.1, 0.15) is 5.82 Å². The summed E-state index contributed by atoms with van der Waals surface area (Å²) in [7, 11) is 0. The number of rotatable bonds is 3. The Hall–Kier alpha value is -1.84. The van der Waals surface area contributed by atoms with Crippen molar-refractivity contribution in [1.29, 1.82) is 0 Å². The van der Waals surface area contributed by atoms with Crippen molar-refractivity contribution < 1.29 is 0 Å². The maximum atomic E-state index is 5.60. The standard InChI is InChI=1S/C13H18N4/c1-4-7-17-10(3)13(9(2)16-17)11-5-6-12(14)15-8-11/h5-6,8H,4,7H2,1-3H3,(H2,14,15). The van der Waals surface area contributed by atoms with Crippen molar-refractivity contribution in [2.24, 2.45) is 0 Å². The molecule has 2 aromatic heterocycles. The van der Waals surface area contributed by atoms with E-state index in [1.54, 1.807) is 0 Å². The zero-order valence-electron chi connectivity index (χ0n) is 10.6. The molecule has 0 aliphatic heterocycles. The molecule has 0 spiro atoms. The minimum atomic E-state index is 0.546. The molecule has 0 radical (unpaired) electrons. The smallest absolute Gasteiger partial charge is 0.123 e. The molecular formula is C13H18N4. The summed E-state index contributed by atoms with van der Waals surface area (Å²) in [6, 6.07) is 3.82.